The predicted molar refractivity (Wildman–Crippen MR) is 91.5 cm³/mol. The molecule has 23 heavy (non-hydrogen) atoms. The van der Waals surface area contributed by atoms with E-state index in [1.165, 1.54) is 0 Å². The van der Waals surface area contributed by atoms with Crippen molar-refractivity contribution in [2.75, 3.05) is 5.32 Å². The number of fused-ring (bicyclic) bond motifs is 1. The zero-order valence-electron chi connectivity index (χ0n) is 12.8. The van der Waals surface area contributed by atoms with E-state index in [-0.39, 0.29) is 12.2 Å². The fourth-order valence-corrected chi connectivity index (χ4v) is 3.22. The van der Waals surface area contributed by atoms with E-state index in [2.05, 4.69) is 21.2 Å². The molecule has 0 bridgehead atoms. The van der Waals surface area contributed by atoms with Crippen molar-refractivity contribution < 1.29 is 14.7 Å². The van der Waals surface area contributed by atoms with Crippen LogP contribution in [0.3, 0.4) is 0 Å². The Labute approximate surface area is 142 Å². The van der Waals surface area contributed by atoms with Gasteiger partial charge in [-0.1, -0.05) is 33.6 Å². The van der Waals surface area contributed by atoms with Crippen LogP contribution in [0.1, 0.15) is 33.5 Å². The number of hydrogen-bond acceptors (Lipinski definition) is 3. The first-order chi connectivity index (χ1) is 10.8. The maximum absolute atomic E-state index is 12.7. The van der Waals surface area contributed by atoms with Gasteiger partial charge in [-0.05, 0) is 43.7 Å². The van der Waals surface area contributed by atoms with Crippen LogP contribution in [0, 0.1) is 13.8 Å². The van der Waals surface area contributed by atoms with Gasteiger partial charge in [0.2, 0.25) is 0 Å². The summed E-state index contributed by atoms with van der Waals surface area (Å²) < 4.78 is 0.741. The van der Waals surface area contributed by atoms with Crippen LogP contribution in [0.25, 0.3) is 0 Å². The van der Waals surface area contributed by atoms with E-state index in [0.717, 1.165) is 15.6 Å². The maximum Gasteiger partial charge on any atom is 0.261 e. The van der Waals surface area contributed by atoms with Gasteiger partial charge in [-0.3, -0.25) is 9.59 Å². The lowest BCUT2D eigenvalue weighted by molar-refractivity contribution is -0.133. The second-order valence-electron chi connectivity index (χ2n) is 5.92. The smallest absolute Gasteiger partial charge is 0.261 e. The first-order valence-corrected chi connectivity index (χ1v) is 8.05. The zero-order valence-corrected chi connectivity index (χ0v) is 14.4. The number of benzene rings is 2. The van der Waals surface area contributed by atoms with Gasteiger partial charge in [0, 0.05) is 21.3 Å². The molecule has 3 rings (SSSR count). The Hall–Kier alpha value is -1.98. The summed E-state index contributed by atoms with van der Waals surface area (Å²) in [5.41, 5.74) is 1.45. The molecular formula is C18H16BrNO3. The molecule has 2 aromatic carbocycles. The monoisotopic (exact) mass is 373 g/mol. The predicted octanol–water partition coefficient (Wildman–Crippen LogP) is 3.48. The summed E-state index contributed by atoms with van der Waals surface area (Å²) >= 11 is 3.33. The summed E-state index contributed by atoms with van der Waals surface area (Å²) in [5, 5.41) is 13.5. The fraction of sp³-hybridized carbons (Fsp3) is 0.222. The standard InChI is InChI=1S/C18H16BrNO3/c1-10-3-4-11(2)13(7-10)16(21)9-18(23)14-8-12(19)5-6-15(14)20-17(18)22/h3-8,23H,9H2,1-2H3,(H,20,22)/t18-/m1/s1. The van der Waals surface area contributed by atoms with Crippen LogP contribution < -0.4 is 5.32 Å². The minimum Gasteiger partial charge on any atom is -0.375 e. The molecule has 0 spiro atoms. The highest BCUT2D eigenvalue weighted by molar-refractivity contribution is 9.10. The number of carbonyl (C=O) groups excluding carboxylic acids is 2. The SMILES string of the molecule is Cc1ccc(C)c(C(=O)C[C@]2(O)C(=O)Nc3ccc(Br)cc32)c1. The van der Waals surface area contributed by atoms with Gasteiger partial charge < -0.3 is 10.4 Å². The first-order valence-electron chi connectivity index (χ1n) is 7.25. The van der Waals surface area contributed by atoms with E-state index in [0.29, 0.717) is 16.8 Å². The number of hydrogen-bond donors (Lipinski definition) is 2. The molecule has 5 heteroatoms. The lowest BCUT2D eigenvalue weighted by Crippen LogP contribution is -2.36. The molecule has 0 unspecified atom stereocenters. The Balaban J connectivity index is 1.99. The number of rotatable bonds is 3. The Morgan fingerprint density at radius 3 is 2.70 bits per heavy atom. The summed E-state index contributed by atoms with van der Waals surface area (Å²) in [7, 11) is 0. The normalized spacial score (nSPS) is 19.4. The van der Waals surface area contributed by atoms with Gasteiger partial charge in [0.1, 0.15) is 0 Å². The fourth-order valence-electron chi connectivity index (χ4n) is 2.86. The molecular weight excluding hydrogens is 358 g/mol. The van der Waals surface area contributed by atoms with Gasteiger partial charge >= 0.3 is 0 Å². The third-order valence-electron chi connectivity index (χ3n) is 4.16. The molecule has 1 amide bonds. The van der Waals surface area contributed by atoms with E-state index in [9.17, 15) is 14.7 Å². The maximum atomic E-state index is 12.7. The molecule has 2 N–H and O–H groups in total. The van der Waals surface area contributed by atoms with Crippen LogP contribution in [0.2, 0.25) is 0 Å². The Kier molecular flexibility index (Phi) is 3.86. The van der Waals surface area contributed by atoms with Gasteiger partial charge in [0.05, 0.1) is 6.42 Å². The van der Waals surface area contributed by atoms with Crippen LogP contribution >= 0.6 is 15.9 Å². The molecule has 4 nitrogen and oxygen atoms in total. The second-order valence-corrected chi connectivity index (χ2v) is 6.84. The van der Waals surface area contributed by atoms with Gasteiger partial charge in [-0.25, -0.2) is 0 Å². The van der Waals surface area contributed by atoms with Gasteiger partial charge in [0.25, 0.3) is 5.91 Å². The number of halogens is 1. The minimum atomic E-state index is -1.84. The van der Waals surface area contributed by atoms with E-state index in [4.69, 9.17) is 0 Å². The summed E-state index contributed by atoms with van der Waals surface area (Å²) in [5.74, 6) is -0.819. The molecule has 0 aliphatic carbocycles. The van der Waals surface area contributed by atoms with Crippen molar-refractivity contribution in [3.63, 3.8) is 0 Å². The van der Waals surface area contributed by atoms with E-state index in [1.807, 2.05) is 26.0 Å². The number of anilines is 1. The third-order valence-corrected chi connectivity index (χ3v) is 4.65. The molecule has 0 aromatic heterocycles. The molecule has 0 fully saturated rings. The highest BCUT2D eigenvalue weighted by Crippen LogP contribution is 2.40. The van der Waals surface area contributed by atoms with Crippen molar-refractivity contribution in [2.24, 2.45) is 0 Å². The van der Waals surface area contributed by atoms with Crippen molar-refractivity contribution in [1.29, 1.82) is 0 Å². The average molecular weight is 374 g/mol. The number of Topliss-reactive ketones (excluding diaryl/α,β-unsaturated/α-hetero) is 1. The highest BCUT2D eigenvalue weighted by atomic mass is 79.9. The lowest BCUT2D eigenvalue weighted by Gasteiger charge is -2.20. The minimum absolute atomic E-state index is 0.253. The van der Waals surface area contributed by atoms with Crippen molar-refractivity contribution in [3.05, 3.63) is 63.1 Å². The molecule has 1 aliphatic rings. The molecule has 118 valence electrons. The number of nitrogens with one attached hydrogen (secondary N) is 1. The van der Waals surface area contributed by atoms with Crippen LogP contribution in [-0.4, -0.2) is 16.8 Å². The molecule has 0 saturated heterocycles. The molecule has 1 atom stereocenters. The topological polar surface area (TPSA) is 66.4 Å². The largest absolute Gasteiger partial charge is 0.375 e. The zero-order chi connectivity index (χ0) is 16.8. The van der Waals surface area contributed by atoms with Gasteiger partial charge in [-0.2, -0.15) is 0 Å². The number of aryl methyl sites for hydroxylation is 2. The molecule has 1 heterocycles. The Morgan fingerprint density at radius 1 is 1.22 bits per heavy atom. The molecule has 2 aromatic rings. The van der Waals surface area contributed by atoms with Crippen LogP contribution in [-0.2, 0) is 10.4 Å². The van der Waals surface area contributed by atoms with Crippen molar-refractivity contribution in [3.8, 4) is 0 Å². The number of amides is 1. The summed E-state index contributed by atoms with van der Waals surface area (Å²) in [6.45, 7) is 3.75. The van der Waals surface area contributed by atoms with Gasteiger partial charge in [-0.15, -0.1) is 0 Å². The van der Waals surface area contributed by atoms with Crippen molar-refractivity contribution in [2.45, 2.75) is 25.9 Å². The van der Waals surface area contributed by atoms with E-state index in [1.54, 1.807) is 24.3 Å². The number of carbonyl (C=O) groups is 2. The van der Waals surface area contributed by atoms with Crippen molar-refractivity contribution >= 4 is 33.3 Å². The summed E-state index contributed by atoms with van der Waals surface area (Å²) in [6.07, 6.45) is -0.285. The first kappa shape index (κ1) is 15.9. The lowest BCUT2D eigenvalue weighted by atomic mass is 9.87. The quantitative estimate of drug-likeness (QED) is 0.809. The van der Waals surface area contributed by atoms with Crippen LogP contribution in [0.15, 0.2) is 40.9 Å². The van der Waals surface area contributed by atoms with Crippen molar-refractivity contribution in [1.82, 2.24) is 0 Å². The Bertz CT molecular complexity index is 831. The molecule has 1 aliphatic heterocycles. The summed E-state index contributed by atoms with van der Waals surface area (Å²) in [4.78, 5) is 24.9. The average Bonchev–Trinajstić information content (AvgIpc) is 2.73. The van der Waals surface area contributed by atoms with Crippen LogP contribution in [0.4, 0.5) is 5.69 Å². The number of ketones is 1. The second kappa shape index (κ2) is 5.58. The molecule has 0 saturated carbocycles. The summed E-state index contributed by atoms with van der Waals surface area (Å²) in [6, 6.07) is 10.7. The van der Waals surface area contributed by atoms with E-state index < -0.39 is 11.5 Å². The highest BCUT2D eigenvalue weighted by Gasteiger charge is 2.47. The van der Waals surface area contributed by atoms with Gasteiger partial charge in [0.15, 0.2) is 11.4 Å². The molecule has 0 radical (unpaired) electrons. The van der Waals surface area contributed by atoms with Crippen LogP contribution in [0.5, 0.6) is 0 Å². The third kappa shape index (κ3) is 2.71. The number of aliphatic hydroxyl groups is 1. The Morgan fingerprint density at radius 2 is 1.96 bits per heavy atom. The van der Waals surface area contributed by atoms with E-state index >= 15 is 0 Å².